The van der Waals surface area contributed by atoms with Gasteiger partial charge in [0.1, 0.15) is 0 Å². The lowest BCUT2D eigenvalue weighted by atomic mass is 9.98. The van der Waals surface area contributed by atoms with Crippen molar-refractivity contribution in [3.63, 3.8) is 0 Å². The number of hydrogen-bond acceptors (Lipinski definition) is 2. The molecule has 0 N–H and O–H groups in total. The zero-order chi connectivity index (χ0) is 8.27. The van der Waals surface area contributed by atoms with Crippen LogP contribution in [0.4, 0.5) is 0 Å². The van der Waals surface area contributed by atoms with Crippen LogP contribution in [-0.2, 0) is 4.74 Å². The van der Waals surface area contributed by atoms with E-state index in [4.69, 9.17) is 4.74 Å². The maximum absolute atomic E-state index is 5.43. The summed E-state index contributed by atoms with van der Waals surface area (Å²) in [5.74, 6) is 0.764. The second-order valence-corrected chi connectivity index (χ2v) is 3.51. The van der Waals surface area contributed by atoms with E-state index in [0.717, 1.165) is 25.7 Å². The first kappa shape index (κ1) is 9.01. The number of hydrogen-bond donors (Lipinski definition) is 0. The molecule has 0 aromatic carbocycles. The third-order valence-electron chi connectivity index (χ3n) is 2.74. The van der Waals surface area contributed by atoms with Gasteiger partial charge in [-0.15, -0.1) is 0 Å². The summed E-state index contributed by atoms with van der Waals surface area (Å²) in [4.78, 5) is 2.41. The Morgan fingerprint density at radius 3 is 2.91 bits per heavy atom. The molecule has 0 aromatic rings. The molecule has 11 heavy (non-hydrogen) atoms. The largest absolute Gasteiger partial charge is 0.378 e. The molecule has 1 rings (SSSR count). The third-order valence-corrected chi connectivity index (χ3v) is 2.74. The van der Waals surface area contributed by atoms with E-state index in [-0.39, 0.29) is 0 Å². The Morgan fingerprint density at radius 2 is 2.36 bits per heavy atom. The van der Waals surface area contributed by atoms with Crippen molar-refractivity contribution in [2.24, 2.45) is 5.92 Å². The molecule has 2 nitrogen and oxygen atoms in total. The van der Waals surface area contributed by atoms with Crippen molar-refractivity contribution in [2.75, 3.05) is 26.8 Å². The maximum Gasteiger partial charge on any atom is 0.0624 e. The van der Waals surface area contributed by atoms with E-state index in [9.17, 15) is 0 Å². The van der Waals surface area contributed by atoms with Gasteiger partial charge in [0, 0.05) is 12.6 Å². The van der Waals surface area contributed by atoms with Gasteiger partial charge in [0.25, 0.3) is 0 Å². The van der Waals surface area contributed by atoms with E-state index >= 15 is 0 Å². The minimum Gasteiger partial charge on any atom is -0.378 e. The molecule has 2 unspecified atom stereocenters. The van der Waals surface area contributed by atoms with E-state index in [0.29, 0.717) is 6.04 Å². The molecule has 1 aliphatic rings. The fourth-order valence-corrected chi connectivity index (χ4v) is 1.58. The number of ether oxygens (including phenoxy) is 1. The molecule has 0 bridgehead atoms. The summed E-state index contributed by atoms with van der Waals surface area (Å²) in [5, 5.41) is 0. The zero-order valence-electron chi connectivity index (χ0n) is 7.84. The van der Waals surface area contributed by atoms with Gasteiger partial charge in [-0.2, -0.15) is 0 Å². The van der Waals surface area contributed by atoms with E-state index < -0.39 is 0 Å². The van der Waals surface area contributed by atoms with Gasteiger partial charge in [-0.3, -0.25) is 4.90 Å². The zero-order valence-corrected chi connectivity index (χ0v) is 7.84. The summed E-state index contributed by atoms with van der Waals surface area (Å²) in [6.07, 6.45) is 1.25. The van der Waals surface area contributed by atoms with Crippen LogP contribution >= 0.6 is 0 Å². The second kappa shape index (κ2) is 4.07. The van der Waals surface area contributed by atoms with E-state index in [1.165, 1.54) is 6.42 Å². The van der Waals surface area contributed by atoms with Gasteiger partial charge in [-0.05, 0) is 13.0 Å². The first-order chi connectivity index (χ1) is 5.25. The lowest BCUT2D eigenvalue weighted by Crippen LogP contribution is -2.46. The van der Waals surface area contributed by atoms with Crippen LogP contribution in [0.2, 0.25) is 0 Å². The van der Waals surface area contributed by atoms with Crippen LogP contribution in [0.15, 0.2) is 0 Å². The summed E-state index contributed by atoms with van der Waals surface area (Å²) in [6.45, 7) is 7.47. The molecule has 1 heterocycles. The molecule has 0 amide bonds. The Kier molecular flexibility index (Phi) is 3.34. The fraction of sp³-hybridized carbons (Fsp3) is 1.00. The Hall–Kier alpha value is -0.0800. The normalized spacial score (nSPS) is 30.3. The molecule has 1 aliphatic heterocycles. The molecule has 1 fully saturated rings. The van der Waals surface area contributed by atoms with Crippen LogP contribution in [0, 0.1) is 5.92 Å². The Bertz CT molecular complexity index is 112. The van der Waals surface area contributed by atoms with Crippen molar-refractivity contribution in [3.8, 4) is 0 Å². The first-order valence-corrected chi connectivity index (χ1v) is 4.53. The summed E-state index contributed by atoms with van der Waals surface area (Å²) < 4.78 is 5.43. The summed E-state index contributed by atoms with van der Waals surface area (Å²) in [5.41, 5.74) is 0. The molecule has 0 saturated carbocycles. The van der Waals surface area contributed by atoms with E-state index in [1.54, 1.807) is 0 Å². The van der Waals surface area contributed by atoms with Gasteiger partial charge in [-0.1, -0.05) is 20.3 Å². The molecule has 0 radical (unpaired) electrons. The molecule has 0 spiro atoms. The van der Waals surface area contributed by atoms with Crippen LogP contribution in [0.3, 0.4) is 0 Å². The van der Waals surface area contributed by atoms with Crippen molar-refractivity contribution >= 4 is 0 Å². The van der Waals surface area contributed by atoms with Crippen molar-refractivity contribution in [1.82, 2.24) is 4.90 Å². The molecule has 66 valence electrons. The molecular weight excluding hydrogens is 138 g/mol. The smallest absolute Gasteiger partial charge is 0.0624 e. The first-order valence-electron chi connectivity index (χ1n) is 4.53. The number of likely N-dealkylation sites (N-methyl/N-ethyl adjacent to an activating group) is 1. The Morgan fingerprint density at radius 1 is 1.64 bits per heavy atom. The summed E-state index contributed by atoms with van der Waals surface area (Å²) >= 11 is 0. The maximum atomic E-state index is 5.43. The Labute approximate surface area is 69.5 Å². The predicted molar refractivity (Wildman–Crippen MR) is 46.7 cm³/mol. The molecule has 2 atom stereocenters. The molecule has 1 saturated heterocycles. The number of rotatable bonds is 2. The molecular formula is C9H19NO. The van der Waals surface area contributed by atoms with Gasteiger partial charge >= 0.3 is 0 Å². The highest BCUT2D eigenvalue weighted by molar-refractivity contribution is 4.76. The average molecular weight is 157 g/mol. The van der Waals surface area contributed by atoms with Crippen molar-refractivity contribution < 1.29 is 4.74 Å². The standard InChI is InChI=1S/C9H19NO/c1-4-8(2)9-7-11-6-5-10(9)3/h8-9H,4-7H2,1-3H3. The fourth-order valence-electron chi connectivity index (χ4n) is 1.58. The predicted octanol–water partition coefficient (Wildman–Crippen LogP) is 1.36. The minimum absolute atomic E-state index is 0.647. The minimum atomic E-state index is 0.647. The van der Waals surface area contributed by atoms with Gasteiger partial charge < -0.3 is 4.74 Å². The van der Waals surface area contributed by atoms with Crippen LogP contribution in [-0.4, -0.2) is 37.7 Å². The van der Waals surface area contributed by atoms with Crippen molar-refractivity contribution in [3.05, 3.63) is 0 Å². The topological polar surface area (TPSA) is 12.5 Å². The lowest BCUT2D eigenvalue weighted by molar-refractivity contribution is -0.0147. The lowest BCUT2D eigenvalue weighted by Gasteiger charge is -2.36. The molecule has 0 aliphatic carbocycles. The van der Waals surface area contributed by atoms with E-state index in [2.05, 4.69) is 25.8 Å². The molecule has 2 heteroatoms. The SMILES string of the molecule is CCC(C)C1COCCN1C. The summed E-state index contributed by atoms with van der Waals surface area (Å²) in [7, 11) is 2.19. The average Bonchev–Trinajstić information content (AvgIpc) is 2.04. The number of nitrogens with zero attached hydrogens (tertiary/aromatic N) is 1. The quantitative estimate of drug-likeness (QED) is 0.600. The van der Waals surface area contributed by atoms with Gasteiger partial charge in [-0.25, -0.2) is 0 Å². The van der Waals surface area contributed by atoms with Gasteiger partial charge in [0.05, 0.1) is 13.2 Å². The van der Waals surface area contributed by atoms with Crippen LogP contribution in [0.25, 0.3) is 0 Å². The highest BCUT2D eigenvalue weighted by Gasteiger charge is 2.23. The van der Waals surface area contributed by atoms with E-state index in [1.807, 2.05) is 0 Å². The number of morpholine rings is 1. The Balaban J connectivity index is 2.40. The van der Waals surface area contributed by atoms with Crippen molar-refractivity contribution in [2.45, 2.75) is 26.3 Å². The highest BCUT2D eigenvalue weighted by Crippen LogP contribution is 2.16. The highest BCUT2D eigenvalue weighted by atomic mass is 16.5. The van der Waals surface area contributed by atoms with Gasteiger partial charge in [0.2, 0.25) is 0 Å². The van der Waals surface area contributed by atoms with Crippen molar-refractivity contribution in [1.29, 1.82) is 0 Å². The third kappa shape index (κ3) is 2.17. The molecule has 0 aromatic heterocycles. The van der Waals surface area contributed by atoms with Crippen LogP contribution in [0.1, 0.15) is 20.3 Å². The van der Waals surface area contributed by atoms with Crippen LogP contribution < -0.4 is 0 Å². The second-order valence-electron chi connectivity index (χ2n) is 3.51. The summed E-state index contributed by atoms with van der Waals surface area (Å²) in [6, 6.07) is 0.647. The van der Waals surface area contributed by atoms with Gasteiger partial charge in [0.15, 0.2) is 0 Å². The van der Waals surface area contributed by atoms with Crippen LogP contribution in [0.5, 0.6) is 0 Å². The monoisotopic (exact) mass is 157 g/mol.